The zero-order valence-electron chi connectivity index (χ0n) is 13.7. The van der Waals surface area contributed by atoms with E-state index < -0.39 is 11.8 Å². The third-order valence-corrected chi connectivity index (χ3v) is 4.28. The number of benzene rings is 1. The third kappa shape index (κ3) is 4.22. The van der Waals surface area contributed by atoms with Gasteiger partial charge in [-0.15, -0.1) is 0 Å². The maximum absolute atomic E-state index is 11.9. The van der Waals surface area contributed by atoms with Crippen molar-refractivity contribution in [2.75, 3.05) is 33.4 Å². The predicted octanol–water partition coefficient (Wildman–Crippen LogP) is 0.996. The Balaban J connectivity index is 2.12. The fourth-order valence-corrected chi connectivity index (χ4v) is 2.84. The Bertz CT molecular complexity index is 536. The van der Waals surface area contributed by atoms with Crippen molar-refractivity contribution in [1.29, 1.82) is 0 Å². The normalized spacial score (nSPS) is 16.4. The van der Waals surface area contributed by atoms with Crippen molar-refractivity contribution in [2.24, 2.45) is 0 Å². The van der Waals surface area contributed by atoms with Gasteiger partial charge in [-0.1, -0.05) is 12.1 Å². The summed E-state index contributed by atoms with van der Waals surface area (Å²) in [7, 11) is 1.63. The van der Waals surface area contributed by atoms with Gasteiger partial charge in [0.25, 0.3) is 0 Å². The van der Waals surface area contributed by atoms with Crippen molar-refractivity contribution in [3.05, 3.63) is 29.8 Å². The molecule has 6 heteroatoms. The van der Waals surface area contributed by atoms with Crippen molar-refractivity contribution < 1.29 is 19.1 Å². The molecule has 1 aliphatic heterocycles. The van der Waals surface area contributed by atoms with Gasteiger partial charge in [-0.05, 0) is 37.5 Å². The van der Waals surface area contributed by atoms with Crippen molar-refractivity contribution in [1.82, 2.24) is 10.6 Å². The van der Waals surface area contributed by atoms with Gasteiger partial charge in [0.2, 0.25) is 0 Å². The number of carbonyl (C=O) groups is 2. The number of amides is 2. The number of rotatable bonds is 5. The highest BCUT2D eigenvalue weighted by atomic mass is 16.5. The Morgan fingerprint density at radius 3 is 2.30 bits per heavy atom. The molecule has 23 heavy (non-hydrogen) atoms. The Morgan fingerprint density at radius 1 is 1.13 bits per heavy atom. The fraction of sp³-hybridized carbons (Fsp3) is 0.529. The summed E-state index contributed by atoms with van der Waals surface area (Å²) < 4.78 is 10.7. The summed E-state index contributed by atoms with van der Waals surface area (Å²) in [4.78, 5) is 23.5. The molecule has 0 aliphatic carbocycles. The zero-order chi connectivity index (χ0) is 16.7. The highest BCUT2D eigenvalue weighted by molar-refractivity contribution is 6.35. The van der Waals surface area contributed by atoms with Gasteiger partial charge in [-0.2, -0.15) is 0 Å². The minimum atomic E-state index is -0.593. The van der Waals surface area contributed by atoms with Crippen LogP contribution in [0.3, 0.4) is 0 Å². The Morgan fingerprint density at radius 2 is 1.74 bits per heavy atom. The number of carbonyl (C=O) groups excluding carboxylic acids is 2. The van der Waals surface area contributed by atoms with E-state index in [0.717, 1.165) is 24.2 Å². The van der Waals surface area contributed by atoms with Crippen LogP contribution >= 0.6 is 0 Å². The van der Waals surface area contributed by atoms with E-state index in [-0.39, 0.29) is 5.41 Å². The minimum Gasteiger partial charge on any atom is -0.497 e. The molecule has 0 unspecified atom stereocenters. The van der Waals surface area contributed by atoms with Crippen LogP contribution < -0.4 is 15.4 Å². The minimum absolute atomic E-state index is 0.216. The Kier molecular flexibility index (Phi) is 5.98. The maximum atomic E-state index is 11.9. The number of ether oxygens (including phenoxy) is 2. The van der Waals surface area contributed by atoms with E-state index >= 15 is 0 Å². The van der Waals surface area contributed by atoms with E-state index in [4.69, 9.17) is 9.47 Å². The van der Waals surface area contributed by atoms with Crippen molar-refractivity contribution in [3.63, 3.8) is 0 Å². The number of hydrogen-bond acceptors (Lipinski definition) is 4. The zero-order valence-corrected chi connectivity index (χ0v) is 13.7. The van der Waals surface area contributed by atoms with E-state index in [9.17, 15) is 9.59 Å². The summed E-state index contributed by atoms with van der Waals surface area (Å²) in [6.07, 6.45) is 1.60. The van der Waals surface area contributed by atoms with E-state index in [2.05, 4.69) is 10.6 Å². The first-order valence-corrected chi connectivity index (χ1v) is 7.89. The number of likely N-dealkylation sites (N-methyl/N-ethyl adjacent to an activating group) is 1. The number of hydrogen-bond donors (Lipinski definition) is 2. The molecule has 1 aliphatic rings. The number of nitrogens with one attached hydrogen (secondary N) is 2. The van der Waals surface area contributed by atoms with E-state index in [1.807, 2.05) is 24.3 Å². The van der Waals surface area contributed by atoms with Gasteiger partial charge >= 0.3 is 11.8 Å². The highest BCUT2D eigenvalue weighted by Gasteiger charge is 2.35. The molecule has 6 nitrogen and oxygen atoms in total. The first-order chi connectivity index (χ1) is 11.1. The first kappa shape index (κ1) is 17.3. The lowest BCUT2D eigenvalue weighted by Crippen LogP contribution is -2.48. The molecule has 2 rings (SSSR count). The molecule has 1 heterocycles. The summed E-state index contributed by atoms with van der Waals surface area (Å²) in [5.74, 6) is -0.391. The summed E-state index contributed by atoms with van der Waals surface area (Å²) in [5.41, 5.74) is 0.907. The van der Waals surface area contributed by atoms with E-state index in [0.29, 0.717) is 26.3 Å². The van der Waals surface area contributed by atoms with Crippen LogP contribution in [0.2, 0.25) is 0 Å². The van der Waals surface area contributed by atoms with Gasteiger partial charge in [0.15, 0.2) is 0 Å². The molecule has 0 atom stereocenters. The molecule has 1 aromatic carbocycles. The van der Waals surface area contributed by atoms with Crippen LogP contribution in [0.15, 0.2) is 24.3 Å². The lowest BCUT2D eigenvalue weighted by atomic mass is 9.74. The van der Waals surface area contributed by atoms with Gasteiger partial charge in [0, 0.05) is 31.7 Å². The highest BCUT2D eigenvalue weighted by Crippen LogP contribution is 2.35. The van der Waals surface area contributed by atoms with Gasteiger partial charge in [-0.3, -0.25) is 9.59 Å². The predicted molar refractivity (Wildman–Crippen MR) is 86.4 cm³/mol. The molecule has 0 bridgehead atoms. The van der Waals surface area contributed by atoms with Gasteiger partial charge in [0.1, 0.15) is 5.75 Å². The summed E-state index contributed by atoms with van der Waals surface area (Å²) in [6.45, 7) is 3.91. The number of methoxy groups -OCH3 is 1. The van der Waals surface area contributed by atoms with Crippen LogP contribution in [0.1, 0.15) is 25.3 Å². The quantitative estimate of drug-likeness (QED) is 0.794. The van der Waals surface area contributed by atoms with Gasteiger partial charge in [0.05, 0.1) is 7.11 Å². The molecular formula is C17H24N2O4. The van der Waals surface area contributed by atoms with Crippen molar-refractivity contribution in [3.8, 4) is 5.75 Å². The van der Waals surface area contributed by atoms with Gasteiger partial charge in [-0.25, -0.2) is 0 Å². The molecule has 1 fully saturated rings. The lowest BCUT2D eigenvalue weighted by molar-refractivity contribution is -0.139. The fourth-order valence-electron chi connectivity index (χ4n) is 2.84. The second-order valence-corrected chi connectivity index (χ2v) is 5.66. The summed E-state index contributed by atoms with van der Waals surface area (Å²) >= 11 is 0. The topological polar surface area (TPSA) is 76.7 Å². The lowest BCUT2D eigenvalue weighted by Gasteiger charge is -2.38. The second kappa shape index (κ2) is 7.97. The van der Waals surface area contributed by atoms with Crippen LogP contribution in [0.5, 0.6) is 5.75 Å². The van der Waals surface area contributed by atoms with Crippen molar-refractivity contribution >= 4 is 11.8 Å². The Labute approximate surface area is 136 Å². The summed E-state index contributed by atoms with van der Waals surface area (Å²) in [5, 5.41) is 5.28. The molecule has 2 N–H and O–H groups in total. The van der Waals surface area contributed by atoms with Crippen LogP contribution in [-0.2, 0) is 19.7 Å². The average molecular weight is 320 g/mol. The average Bonchev–Trinajstić information content (AvgIpc) is 2.60. The van der Waals surface area contributed by atoms with Crippen LogP contribution in [-0.4, -0.2) is 45.2 Å². The first-order valence-electron chi connectivity index (χ1n) is 7.89. The van der Waals surface area contributed by atoms with Crippen LogP contribution in [0, 0.1) is 0 Å². The SMILES string of the molecule is CCNC(=O)C(=O)NCC1(c2ccc(OC)cc2)CCOCC1. The van der Waals surface area contributed by atoms with Crippen LogP contribution in [0.25, 0.3) is 0 Å². The summed E-state index contributed by atoms with van der Waals surface area (Å²) in [6, 6.07) is 7.86. The molecule has 2 amide bonds. The monoisotopic (exact) mass is 320 g/mol. The van der Waals surface area contributed by atoms with Crippen LogP contribution in [0.4, 0.5) is 0 Å². The molecule has 126 valence electrons. The van der Waals surface area contributed by atoms with Gasteiger partial charge < -0.3 is 20.1 Å². The molecule has 0 radical (unpaired) electrons. The Hall–Kier alpha value is -2.08. The van der Waals surface area contributed by atoms with E-state index in [1.165, 1.54) is 0 Å². The molecule has 1 saturated heterocycles. The molecule has 0 aromatic heterocycles. The second-order valence-electron chi connectivity index (χ2n) is 5.66. The van der Waals surface area contributed by atoms with Crippen molar-refractivity contribution in [2.45, 2.75) is 25.2 Å². The van der Waals surface area contributed by atoms with E-state index in [1.54, 1.807) is 14.0 Å². The molecule has 0 spiro atoms. The molecular weight excluding hydrogens is 296 g/mol. The molecule has 1 aromatic rings. The third-order valence-electron chi connectivity index (χ3n) is 4.28. The smallest absolute Gasteiger partial charge is 0.309 e. The standard InChI is InChI=1S/C17H24N2O4/c1-3-18-15(20)16(21)19-12-17(8-10-23-11-9-17)13-4-6-14(22-2)7-5-13/h4-7H,3,8-12H2,1-2H3,(H,18,20)(H,19,21). The largest absolute Gasteiger partial charge is 0.497 e. The maximum Gasteiger partial charge on any atom is 0.309 e. The molecule has 0 saturated carbocycles.